The molecule has 1 unspecified atom stereocenters. The number of carboxylic acids is 1. The van der Waals surface area contributed by atoms with Gasteiger partial charge in [0.05, 0.1) is 6.04 Å². The lowest BCUT2D eigenvalue weighted by molar-refractivity contribution is -0.139. The molecule has 4 nitrogen and oxygen atoms in total. The van der Waals surface area contributed by atoms with E-state index in [2.05, 4.69) is 0 Å². The molecule has 13 heavy (non-hydrogen) atoms. The van der Waals surface area contributed by atoms with E-state index in [0.717, 1.165) is 5.56 Å². The van der Waals surface area contributed by atoms with Crippen LogP contribution in [0.1, 0.15) is 11.6 Å². The summed E-state index contributed by atoms with van der Waals surface area (Å²) in [7, 11) is 0. The number of carbonyl (C=O) groups is 1. The number of rotatable bonds is 3. The smallest absolute Gasteiger partial charge is 0.322 e. The van der Waals surface area contributed by atoms with E-state index in [1.807, 2.05) is 6.07 Å². The molecule has 0 saturated heterocycles. The lowest BCUT2D eigenvalue weighted by atomic mass is 10.0. The molecule has 0 saturated carbocycles. The van der Waals surface area contributed by atoms with Gasteiger partial charge >= 0.3 is 5.97 Å². The van der Waals surface area contributed by atoms with Gasteiger partial charge in [0.15, 0.2) is 0 Å². The highest BCUT2D eigenvalue weighted by atomic mass is 16.4. The fraction of sp³-hybridized carbons (Fsp3) is 0.222. The molecule has 1 aromatic rings. The van der Waals surface area contributed by atoms with Crippen LogP contribution in [-0.2, 0) is 4.79 Å². The zero-order valence-electron chi connectivity index (χ0n) is 7.05. The molecule has 0 fully saturated rings. The van der Waals surface area contributed by atoms with E-state index in [9.17, 15) is 4.79 Å². The van der Waals surface area contributed by atoms with Gasteiger partial charge in [0.2, 0.25) is 0 Å². The van der Waals surface area contributed by atoms with Crippen LogP contribution in [-0.4, -0.2) is 17.1 Å². The number of hydrogen-bond acceptors (Lipinski definition) is 3. The van der Waals surface area contributed by atoms with E-state index in [4.69, 9.17) is 16.6 Å². The topological polar surface area (TPSA) is 89.3 Å². The Labute approximate surface area is 76.2 Å². The van der Waals surface area contributed by atoms with Crippen molar-refractivity contribution in [2.75, 3.05) is 0 Å². The van der Waals surface area contributed by atoms with Crippen LogP contribution in [0, 0.1) is 0 Å². The largest absolute Gasteiger partial charge is 0.480 e. The SMILES string of the molecule is NC(c1ccccc1)[C@H](N)C(=O)O. The molecule has 0 aliphatic carbocycles. The van der Waals surface area contributed by atoms with E-state index < -0.39 is 18.1 Å². The van der Waals surface area contributed by atoms with Crippen molar-refractivity contribution in [1.29, 1.82) is 0 Å². The van der Waals surface area contributed by atoms with Crippen molar-refractivity contribution in [1.82, 2.24) is 0 Å². The number of benzene rings is 1. The fourth-order valence-corrected chi connectivity index (χ4v) is 1.04. The van der Waals surface area contributed by atoms with Gasteiger partial charge in [-0.05, 0) is 5.56 Å². The first-order chi connectivity index (χ1) is 6.13. The Morgan fingerprint density at radius 2 is 1.77 bits per heavy atom. The summed E-state index contributed by atoms with van der Waals surface area (Å²) in [4.78, 5) is 10.5. The molecular formula is C9H12N2O2. The van der Waals surface area contributed by atoms with Gasteiger partial charge in [-0.15, -0.1) is 0 Å². The molecule has 5 N–H and O–H groups in total. The van der Waals surface area contributed by atoms with Crippen molar-refractivity contribution in [2.24, 2.45) is 11.5 Å². The van der Waals surface area contributed by atoms with Crippen molar-refractivity contribution in [3.63, 3.8) is 0 Å². The minimum Gasteiger partial charge on any atom is -0.480 e. The second-order valence-electron chi connectivity index (χ2n) is 2.80. The second kappa shape index (κ2) is 4.02. The first-order valence-electron chi connectivity index (χ1n) is 3.92. The van der Waals surface area contributed by atoms with Gasteiger partial charge in [-0.1, -0.05) is 30.3 Å². The summed E-state index contributed by atoms with van der Waals surface area (Å²) < 4.78 is 0. The minimum atomic E-state index is -1.09. The van der Waals surface area contributed by atoms with Crippen molar-refractivity contribution < 1.29 is 9.90 Å². The third-order valence-electron chi connectivity index (χ3n) is 1.86. The lowest BCUT2D eigenvalue weighted by Crippen LogP contribution is -2.40. The van der Waals surface area contributed by atoms with Gasteiger partial charge in [-0.25, -0.2) is 0 Å². The molecule has 1 aromatic carbocycles. The number of carboxylic acid groups (broad SMARTS) is 1. The summed E-state index contributed by atoms with van der Waals surface area (Å²) in [6, 6.07) is 7.23. The first kappa shape index (κ1) is 9.70. The van der Waals surface area contributed by atoms with Crippen molar-refractivity contribution >= 4 is 5.97 Å². The van der Waals surface area contributed by atoms with Crippen LogP contribution in [0.25, 0.3) is 0 Å². The molecule has 0 aromatic heterocycles. The highest BCUT2D eigenvalue weighted by Gasteiger charge is 2.21. The number of aliphatic carboxylic acids is 1. The van der Waals surface area contributed by atoms with Crippen molar-refractivity contribution in [2.45, 2.75) is 12.1 Å². The van der Waals surface area contributed by atoms with Crippen LogP contribution >= 0.6 is 0 Å². The average molecular weight is 180 g/mol. The predicted molar refractivity (Wildman–Crippen MR) is 49.0 cm³/mol. The molecule has 4 heteroatoms. The Bertz CT molecular complexity index is 287. The highest BCUT2D eigenvalue weighted by Crippen LogP contribution is 2.11. The maximum absolute atomic E-state index is 10.5. The summed E-state index contributed by atoms with van der Waals surface area (Å²) in [5, 5.41) is 8.61. The molecule has 2 atom stereocenters. The van der Waals surface area contributed by atoms with Crippen molar-refractivity contribution in [3.05, 3.63) is 35.9 Å². The Balaban J connectivity index is 2.79. The maximum Gasteiger partial charge on any atom is 0.322 e. The third kappa shape index (κ3) is 2.27. The van der Waals surface area contributed by atoms with Gasteiger partial charge in [0.1, 0.15) is 6.04 Å². The van der Waals surface area contributed by atoms with E-state index in [-0.39, 0.29) is 0 Å². The molecule has 0 aliphatic heterocycles. The Hall–Kier alpha value is -1.39. The summed E-state index contributed by atoms with van der Waals surface area (Å²) in [5.74, 6) is -1.09. The first-order valence-corrected chi connectivity index (χ1v) is 3.92. The molecule has 0 amide bonds. The summed E-state index contributed by atoms with van der Waals surface area (Å²) in [6.07, 6.45) is 0. The molecule has 0 spiro atoms. The summed E-state index contributed by atoms with van der Waals surface area (Å²) in [6.45, 7) is 0. The summed E-state index contributed by atoms with van der Waals surface area (Å²) in [5.41, 5.74) is 11.7. The average Bonchev–Trinajstić information content (AvgIpc) is 2.17. The molecule has 0 radical (unpaired) electrons. The fourth-order valence-electron chi connectivity index (χ4n) is 1.04. The predicted octanol–water partition coefficient (Wildman–Crippen LogP) is 0.0983. The van der Waals surface area contributed by atoms with Crippen LogP contribution in [0.5, 0.6) is 0 Å². The molecular weight excluding hydrogens is 168 g/mol. The second-order valence-corrected chi connectivity index (χ2v) is 2.80. The zero-order valence-corrected chi connectivity index (χ0v) is 7.05. The Morgan fingerprint density at radius 3 is 2.23 bits per heavy atom. The van der Waals surface area contributed by atoms with Crippen LogP contribution < -0.4 is 11.5 Å². The quantitative estimate of drug-likeness (QED) is 0.615. The van der Waals surface area contributed by atoms with E-state index in [0.29, 0.717) is 0 Å². The minimum absolute atomic E-state index is 0.654. The molecule has 0 bridgehead atoms. The number of nitrogens with two attached hydrogens (primary N) is 2. The normalized spacial score (nSPS) is 14.9. The number of hydrogen-bond donors (Lipinski definition) is 3. The van der Waals surface area contributed by atoms with E-state index >= 15 is 0 Å². The zero-order chi connectivity index (χ0) is 9.84. The lowest BCUT2D eigenvalue weighted by Gasteiger charge is -2.15. The van der Waals surface area contributed by atoms with Crippen LogP contribution in [0.3, 0.4) is 0 Å². The van der Waals surface area contributed by atoms with Gasteiger partial charge in [0, 0.05) is 0 Å². The van der Waals surface area contributed by atoms with E-state index in [1.165, 1.54) is 0 Å². The van der Waals surface area contributed by atoms with Gasteiger partial charge in [0.25, 0.3) is 0 Å². The van der Waals surface area contributed by atoms with Crippen LogP contribution in [0.15, 0.2) is 30.3 Å². The van der Waals surface area contributed by atoms with Crippen LogP contribution in [0.2, 0.25) is 0 Å². The molecule has 0 aliphatic rings. The standard InChI is InChI=1S/C9H12N2O2/c10-7(8(11)9(12)13)6-4-2-1-3-5-6/h1-5,7-8H,10-11H2,(H,12,13)/t7?,8-/m0/s1. The van der Waals surface area contributed by atoms with E-state index in [1.54, 1.807) is 24.3 Å². The molecule has 1 rings (SSSR count). The van der Waals surface area contributed by atoms with Gasteiger partial charge in [-0.2, -0.15) is 0 Å². The monoisotopic (exact) mass is 180 g/mol. The van der Waals surface area contributed by atoms with Crippen LogP contribution in [0.4, 0.5) is 0 Å². The Kier molecular flexibility index (Phi) is 3.00. The molecule has 70 valence electrons. The summed E-state index contributed by atoms with van der Waals surface area (Å²) >= 11 is 0. The maximum atomic E-state index is 10.5. The van der Waals surface area contributed by atoms with Gasteiger partial charge in [-0.3, -0.25) is 4.79 Å². The van der Waals surface area contributed by atoms with Crippen molar-refractivity contribution in [3.8, 4) is 0 Å². The Morgan fingerprint density at radius 1 is 1.23 bits per heavy atom. The highest BCUT2D eigenvalue weighted by molar-refractivity contribution is 5.74. The molecule has 0 heterocycles. The van der Waals surface area contributed by atoms with Gasteiger partial charge < -0.3 is 16.6 Å². The third-order valence-corrected chi connectivity index (χ3v) is 1.86.